The van der Waals surface area contributed by atoms with Crippen molar-refractivity contribution in [2.75, 3.05) is 14.2 Å². The van der Waals surface area contributed by atoms with E-state index >= 15 is 0 Å². The number of allylic oxidation sites excluding steroid dienone is 3. The first kappa shape index (κ1) is 10.9. The van der Waals surface area contributed by atoms with E-state index < -0.39 is 0 Å². The topological polar surface area (TPSA) is 24.8 Å². The van der Waals surface area contributed by atoms with Gasteiger partial charge in [0.2, 0.25) is 0 Å². The minimum absolute atomic E-state index is 0.889. The molecule has 0 N–H and O–H groups in total. The van der Waals surface area contributed by atoms with Gasteiger partial charge >= 0.3 is 0 Å². The Hall–Kier alpha value is -1.09. The van der Waals surface area contributed by atoms with Crippen molar-refractivity contribution in [1.82, 2.24) is 5.06 Å². The Morgan fingerprint density at radius 1 is 1.67 bits per heavy atom. The number of nitrogens with zero attached hydrogens (tertiary/aromatic N) is 2. The molecular formula is C9H16N2O. The van der Waals surface area contributed by atoms with E-state index in [1.807, 2.05) is 13.0 Å². The lowest BCUT2D eigenvalue weighted by molar-refractivity contribution is -0.0364. The maximum absolute atomic E-state index is 4.85. The number of rotatable bonds is 5. The second-order valence-corrected chi connectivity index (χ2v) is 2.22. The molecule has 0 aromatic rings. The van der Waals surface area contributed by atoms with Crippen LogP contribution in [0.5, 0.6) is 0 Å². The first-order valence-electron chi connectivity index (χ1n) is 3.87. The van der Waals surface area contributed by atoms with Gasteiger partial charge < -0.3 is 0 Å². The lowest BCUT2D eigenvalue weighted by atomic mass is 10.3. The zero-order chi connectivity index (χ0) is 9.40. The zero-order valence-electron chi connectivity index (χ0n) is 7.95. The molecular weight excluding hydrogens is 152 g/mol. The van der Waals surface area contributed by atoms with Gasteiger partial charge in [-0.25, -0.2) is 10.1 Å². The summed E-state index contributed by atoms with van der Waals surface area (Å²) in [6.45, 7) is 5.64. The number of hydroxylamine groups is 2. The molecule has 0 radical (unpaired) electrons. The molecule has 0 aromatic carbocycles. The van der Waals surface area contributed by atoms with Crippen molar-refractivity contribution in [1.29, 1.82) is 0 Å². The van der Waals surface area contributed by atoms with E-state index in [0.717, 1.165) is 12.1 Å². The van der Waals surface area contributed by atoms with Gasteiger partial charge in [0.15, 0.2) is 0 Å². The molecule has 0 aliphatic carbocycles. The molecule has 12 heavy (non-hydrogen) atoms. The highest BCUT2D eigenvalue weighted by molar-refractivity contribution is 5.54. The molecule has 0 bridgehead atoms. The van der Waals surface area contributed by atoms with E-state index in [4.69, 9.17) is 4.84 Å². The van der Waals surface area contributed by atoms with Crippen LogP contribution in [0.3, 0.4) is 0 Å². The van der Waals surface area contributed by atoms with Crippen LogP contribution in [-0.4, -0.2) is 25.6 Å². The maximum atomic E-state index is 4.85. The summed E-state index contributed by atoms with van der Waals surface area (Å²) in [5.41, 5.74) is 0.980. The van der Waals surface area contributed by atoms with E-state index in [9.17, 15) is 0 Å². The standard InChI is InChI=1S/C9H16N2O/c1-5-7-9(6-2)10-8-11(3)12-4/h5,7-8H,1,6H2,2-4H3/b9-7+,10-8?. The van der Waals surface area contributed by atoms with Crippen LogP contribution < -0.4 is 0 Å². The van der Waals surface area contributed by atoms with Crippen LogP contribution in [0.2, 0.25) is 0 Å². The van der Waals surface area contributed by atoms with Crippen molar-refractivity contribution in [2.45, 2.75) is 13.3 Å². The smallest absolute Gasteiger partial charge is 0.115 e. The van der Waals surface area contributed by atoms with Gasteiger partial charge in [0, 0.05) is 12.7 Å². The number of aliphatic imine (C=N–C) groups is 1. The Bertz CT molecular complexity index is 185. The Kier molecular flexibility index (Phi) is 6.01. The second kappa shape index (κ2) is 6.61. The van der Waals surface area contributed by atoms with Crippen molar-refractivity contribution < 1.29 is 4.84 Å². The van der Waals surface area contributed by atoms with Crippen molar-refractivity contribution in [2.24, 2.45) is 4.99 Å². The minimum atomic E-state index is 0.889. The van der Waals surface area contributed by atoms with E-state index in [1.165, 1.54) is 5.06 Å². The first-order valence-corrected chi connectivity index (χ1v) is 3.87. The summed E-state index contributed by atoms with van der Waals surface area (Å²) in [6, 6.07) is 0. The lowest BCUT2D eigenvalue weighted by Crippen LogP contribution is -2.13. The highest BCUT2D eigenvalue weighted by Gasteiger charge is 1.88. The van der Waals surface area contributed by atoms with E-state index in [0.29, 0.717) is 0 Å². The van der Waals surface area contributed by atoms with Gasteiger partial charge in [-0.1, -0.05) is 19.6 Å². The molecule has 0 unspecified atom stereocenters. The predicted octanol–water partition coefficient (Wildman–Crippen LogP) is 1.99. The molecule has 0 aliphatic heterocycles. The summed E-state index contributed by atoms with van der Waals surface area (Å²) < 4.78 is 0. The van der Waals surface area contributed by atoms with Crippen LogP contribution in [0.15, 0.2) is 29.4 Å². The third-order valence-electron chi connectivity index (χ3n) is 1.35. The van der Waals surface area contributed by atoms with E-state index in [-0.39, 0.29) is 0 Å². The molecule has 68 valence electrons. The van der Waals surface area contributed by atoms with Crippen LogP contribution in [0.1, 0.15) is 13.3 Å². The number of hydrogen-bond donors (Lipinski definition) is 0. The fourth-order valence-electron chi connectivity index (χ4n) is 0.591. The average Bonchev–Trinajstić information content (AvgIpc) is 2.11. The van der Waals surface area contributed by atoms with Gasteiger partial charge in [-0.05, 0) is 12.5 Å². The maximum Gasteiger partial charge on any atom is 0.115 e. The molecule has 0 saturated heterocycles. The second-order valence-electron chi connectivity index (χ2n) is 2.22. The molecule has 0 spiro atoms. The van der Waals surface area contributed by atoms with Gasteiger partial charge in [0.1, 0.15) is 6.34 Å². The molecule has 0 saturated carbocycles. The Balaban J connectivity index is 4.09. The van der Waals surface area contributed by atoms with Crippen LogP contribution in [0.4, 0.5) is 0 Å². The fourth-order valence-corrected chi connectivity index (χ4v) is 0.591. The largest absolute Gasteiger partial charge is 0.276 e. The highest BCUT2D eigenvalue weighted by atomic mass is 16.7. The molecule has 3 nitrogen and oxygen atoms in total. The van der Waals surface area contributed by atoms with E-state index in [1.54, 1.807) is 26.6 Å². The molecule has 0 amide bonds. The van der Waals surface area contributed by atoms with Crippen molar-refractivity contribution in [3.05, 3.63) is 24.4 Å². The summed E-state index contributed by atoms with van der Waals surface area (Å²) in [6.07, 6.45) is 6.11. The molecule has 0 atom stereocenters. The summed E-state index contributed by atoms with van der Waals surface area (Å²) in [5.74, 6) is 0. The van der Waals surface area contributed by atoms with Crippen LogP contribution >= 0.6 is 0 Å². The molecule has 0 rings (SSSR count). The highest BCUT2D eigenvalue weighted by Crippen LogP contribution is 2.01. The predicted molar refractivity (Wildman–Crippen MR) is 51.8 cm³/mol. The SMILES string of the molecule is C=C/C=C(\CC)N=CN(C)OC. The van der Waals surface area contributed by atoms with Crippen LogP contribution in [0.25, 0.3) is 0 Å². The minimum Gasteiger partial charge on any atom is -0.276 e. The Labute approximate surface area is 74.0 Å². The first-order chi connectivity index (χ1) is 5.74. The zero-order valence-corrected chi connectivity index (χ0v) is 7.95. The molecule has 0 aliphatic rings. The summed E-state index contributed by atoms with van der Waals surface area (Å²) >= 11 is 0. The van der Waals surface area contributed by atoms with Gasteiger partial charge in [-0.2, -0.15) is 0 Å². The number of hydrogen-bond acceptors (Lipinski definition) is 2. The van der Waals surface area contributed by atoms with E-state index in [2.05, 4.69) is 11.6 Å². The normalized spacial score (nSPS) is 12.1. The van der Waals surface area contributed by atoms with Crippen molar-refractivity contribution >= 4 is 6.34 Å². The van der Waals surface area contributed by atoms with Crippen LogP contribution in [0, 0.1) is 0 Å². The molecule has 3 heteroatoms. The Morgan fingerprint density at radius 3 is 2.75 bits per heavy atom. The van der Waals surface area contributed by atoms with Gasteiger partial charge in [-0.15, -0.1) is 0 Å². The van der Waals surface area contributed by atoms with Crippen molar-refractivity contribution in [3.8, 4) is 0 Å². The van der Waals surface area contributed by atoms with Gasteiger partial charge in [0.25, 0.3) is 0 Å². The summed E-state index contributed by atoms with van der Waals surface area (Å²) in [7, 11) is 3.37. The molecule has 0 heterocycles. The van der Waals surface area contributed by atoms with Crippen LogP contribution in [-0.2, 0) is 4.84 Å². The summed E-state index contributed by atoms with van der Waals surface area (Å²) in [5, 5.41) is 1.53. The third-order valence-corrected chi connectivity index (χ3v) is 1.35. The fraction of sp³-hybridized carbons (Fsp3) is 0.444. The van der Waals surface area contributed by atoms with Gasteiger partial charge in [-0.3, -0.25) is 4.84 Å². The van der Waals surface area contributed by atoms with Gasteiger partial charge in [0.05, 0.1) is 7.11 Å². The van der Waals surface area contributed by atoms with Crippen molar-refractivity contribution in [3.63, 3.8) is 0 Å². The lowest BCUT2D eigenvalue weighted by Gasteiger charge is -2.07. The average molecular weight is 168 g/mol. The summed E-state index contributed by atoms with van der Waals surface area (Å²) in [4.78, 5) is 9.02. The molecule has 0 aromatic heterocycles. The molecule has 0 fully saturated rings. The quantitative estimate of drug-likeness (QED) is 0.271. The Morgan fingerprint density at radius 2 is 2.33 bits per heavy atom. The third kappa shape index (κ3) is 4.68. The monoisotopic (exact) mass is 168 g/mol.